The Morgan fingerprint density at radius 2 is 1.83 bits per heavy atom. The molecule has 2 rings (SSSR count). The summed E-state index contributed by atoms with van der Waals surface area (Å²) in [6.07, 6.45) is -2.52. The van der Waals surface area contributed by atoms with Crippen LogP contribution in [-0.2, 0) is 11.8 Å². The predicted molar refractivity (Wildman–Crippen MR) is 63.0 cm³/mol. The fourth-order valence-corrected chi connectivity index (χ4v) is 2.75. The van der Waals surface area contributed by atoms with Gasteiger partial charge in [-0.1, -0.05) is 26.0 Å². The van der Waals surface area contributed by atoms with Crippen molar-refractivity contribution in [3.8, 4) is 0 Å². The van der Waals surface area contributed by atoms with Crippen LogP contribution in [0.5, 0.6) is 0 Å². The highest BCUT2D eigenvalue weighted by molar-refractivity contribution is 5.31. The smallest absolute Gasteiger partial charge is 0.385 e. The molecular formula is C14H17F3O. The topological polar surface area (TPSA) is 20.2 Å². The van der Waals surface area contributed by atoms with Crippen molar-refractivity contribution in [1.82, 2.24) is 0 Å². The first-order valence-electron chi connectivity index (χ1n) is 6.03. The molecule has 0 bridgehead atoms. The first-order chi connectivity index (χ1) is 8.12. The van der Waals surface area contributed by atoms with E-state index in [9.17, 15) is 18.3 Å². The quantitative estimate of drug-likeness (QED) is 0.804. The molecule has 1 aliphatic carbocycles. The highest BCUT2D eigenvalue weighted by Crippen LogP contribution is 2.49. The van der Waals surface area contributed by atoms with E-state index in [0.717, 1.165) is 18.6 Å². The van der Waals surface area contributed by atoms with Crippen LogP contribution in [0.2, 0.25) is 0 Å². The number of halogens is 3. The van der Waals surface area contributed by atoms with E-state index in [1.807, 2.05) is 13.8 Å². The molecule has 0 spiro atoms. The van der Waals surface area contributed by atoms with Gasteiger partial charge >= 0.3 is 6.18 Å². The molecule has 1 fully saturated rings. The molecule has 1 unspecified atom stereocenters. The van der Waals surface area contributed by atoms with Gasteiger partial charge in [-0.15, -0.1) is 0 Å². The molecule has 0 heterocycles. The Labute approximate surface area is 105 Å². The molecule has 0 radical (unpaired) electrons. The highest BCUT2D eigenvalue weighted by Gasteiger charge is 2.43. The summed E-state index contributed by atoms with van der Waals surface area (Å²) in [5.74, 6) is 0. The van der Waals surface area contributed by atoms with Gasteiger partial charge in [0.15, 0.2) is 0 Å². The summed E-state index contributed by atoms with van der Waals surface area (Å²) >= 11 is 0. The fourth-order valence-electron chi connectivity index (χ4n) is 2.75. The van der Waals surface area contributed by atoms with Crippen molar-refractivity contribution in [3.63, 3.8) is 0 Å². The summed E-state index contributed by atoms with van der Waals surface area (Å²) in [4.78, 5) is 0. The van der Waals surface area contributed by atoms with Gasteiger partial charge in [0.1, 0.15) is 0 Å². The van der Waals surface area contributed by atoms with Gasteiger partial charge in [0, 0.05) is 0 Å². The van der Waals surface area contributed by atoms with Gasteiger partial charge < -0.3 is 5.11 Å². The van der Waals surface area contributed by atoms with E-state index >= 15 is 0 Å². The number of benzene rings is 1. The van der Waals surface area contributed by atoms with Gasteiger partial charge in [0.25, 0.3) is 0 Å². The zero-order valence-corrected chi connectivity index (χ0v) is 10.5. The maximum atomic E-state index is 12.7. The second-order valence-electron chi connectivity index (χ2n) is 5.95. The van der Waals surface area contributed by atoms with Gasteiger partial charge in [-0.2, -0.15) is 13.2 Å². The van der Waals surface area contributed by atoms with Crippen molar-refractivity contribution in [2.45, 2.75) is 44.9 Å². The Morgan fingerprint density at radius 3 is 2.33 bits per heavy atom. The number of alkyl halides is 3. The van der Waals surface area contributed by atoms with Gasteiger partial charge in [0.05, 0.1) is 11.2 Å². The van der Waals surface area contributed by atoms with Crippen molar-refractivity contribution in [3.05, 3.63) is 35.4 Å². The van der Waals surface area contributed by atoms with Crippen molar-refractivity contribution in [1.29, 1.82) is 0 Å². The number of rotatable bonds is 1. The lowest BCUT2D eigenvalue weighted by molar-refractivity contribution is -0.137. The van der Waals surface area contributed by atoms with E-state index < -0.39 is 17.3 Å². The largest absolute Gasteiger partial charge is 0.416 e. The van der Waals surface area contributed by atoms with Crippen LogP contribution in [0.15, 0.2) is 24.3 Å². The minimum Gasteiger partial charge on any atom is -0.385 e. The highest BCUT2D eigenvalue weighted by atomic mass is 19.4. The average molecular weight is 258 g/mol. The molecule has 1 saturated carbocycles. The van der Waals surface area contributed by atoms with Crippen LogP contribution in [0.4, 0.5) is 13.2 Å². The Balaban J connectivity index is 2.35. The molecule has 0 saturated heterocycles. The van der Waals surface area contributed by atoms with Crippen molar-refractivity contribution in [2.75, 3.05) is 0 Å². The maximum absolute atomic E-state index is 12.7. The number of aliphatic hydroxyl groups is 1. The molecule has 1 atom stereocenters. The molecule has 1 aromatic carbocycles. The number of hydrogen-bond donors (Lipinski definition) is 1. The molecule has 1 N–H and O–H groups in total. The Morgan fingerprint density at radius 1 is 1.17 bits per heavy atom. The second kappa shape index (κ2) is 3.98. The Hall–Kier alpha value is -1.03. The van der Waals surface area contributed by atoms with Crippen molar-refractivity contribution < 1.29 is 18.3 Å². The van der Waals surface area contributed by atoms with E-state index in [0.29, 0.717) is 18.4 Å². The second-order valence-corrected chi connectivity index (χ2v) is 5.95. The van der Waals surface area contributed by atoms with Gasteiger partial charge in [-0.25, -0.2) is 0 Å². The monoisotopic (exact) mass is 258 g/mol. The van der Waals surface area contributed by atoms with Crippen LogP contribution in [0.3, 0.4) is 0 Å². The minimum absolute atomic E-state index is 0.0248. The maximum Gasteiger partial charge on any atom is 0.416 e. The molecule has 18 heavy (non-hydrogen) atoms. The van der Waals surface area contributed by atoms with Crippen LogP contribution in [-0.4, -0.2) is 5.11 Å². The van der Waals surface area contributed by atoms with Gasteiger partial charge in [0.2, 0.25) is 0 Å². The minimum atomic E-state index is -4.36. The van der Waals surface area contributed by atoms with E-state index in [1.165, 1.54) is 6.07 Å². The molecule has 0 aromatic heterocycles. The summed E-state index contributed by atoms with van der Waals surface area (Å²) in [7, 11) is 0. The van der Waals surface area contributed by atoms with E-state index in [-0.39, 0.29) is 5.41 Å². The lowest BCUT2D eigenvalue weighted by Gasteiger charge is -2.26. The third-order valence-electron chi connectivity index (χ3n) is 3.71. The molecule has 100 valence electrons. The molecule has 1 aromatic rings. The zero-order chi connectivity index (χ0) is 13.6. The lowest BCUT2D eigenvalue weighted by atomic mass is 9.85. The molecule has 1 aliphatic rings. The van der Waals surface area contributed by atoms with Crippen LogP contribution in [0, 0.1) is 5.41 Å². The van der Waals surface area contributed by atoms with Crippen LogP contribution in [0.1, 0.15) is 44.2 Å². The molecule has 1 nitrogen and oxygen atoms in total. The van der Waals surface area contributed by atoms with Gasteiger partial charge in [-0.05, 0) is 42.4 Å². The Bertz CT molecular complexity index is 451. The van der Waals surface area contributed by atoms with Crippen LogP contribution in [0.25, 0.3) is 0 Å². The van der Waals surface area contributed by atoms with Crippen LogP contribution >= 0.6 is 0 Å². The van der Waals surface area contributed by atoms with Crippen molar-refractivity contribution in [2.24, 2.45) is 5.41 Å². The van der Waals surface area contributed by atoms with Crippen LogP contribution < -0.4 is 0 Å². The first-order valence-corrected chi connectivity index (χ1v) is 6.03. The predicted octanol–water partition coefficient (Wildman–Crippen LogP) is 4.10. The van der Waals surface area contributed by atoms with E-state index in [1.54, 1.807) is 6.07 Å². The third-order valence-corrected chi connectivity index (χ3v) is 3.71. The molecule has 0 amide bonds. The zero-order valence-electron chi connectivity index (χ0n) is 10.5. The van der Waals surface area contributed by atoms with E-state index in [2.05, 4.69) is 0 Å². The van der Waals surface area contributed by atoms with Crippen molar-refractivity contribution >= 4 is 0 Å². The van der Waals surface area contributed by atoms with Gasteiger partial charge in [-0.3, -0.25) is 0 Å². The first kappa shape index (κ1) is 13.4. The molecule has 0 aliphatic heterocycles. The third kappa shape index (κ3) is 2.53. The average Bonchev–Trinajstić information content (AvgIpc) is 2.53. The van der Waals surface area contributed by atoms with E-state index in [4.69, 9.17) is 0 Å². The summed E-state index contributed by atoms with van der Waals surface area (Å²) in [5, 5.41) is 10.5. The standard InChI is InChI=1S/C14H17F3O/c1-12(2)6-7-13(18,9-12)10-4-3-5-11(8-10)14(15,16)17/h3-5,8,18H,6-7,9H2,1-2H3. The normalized spacial score (nSPS) is 27.4. The Kier molecular flexibility index (Phi) is 2.97. The lowest BCUT2D eigenvalue weighted by Crippen LogP contribution is -2.24. The summed E-state index contributed by atoms with van der Waals surface area (Å²) < 4.78 is 38.0. The summed E-state index contributed by atoms with van der Waals surface area (Å²) in [6.45, 7) is 4.05. The summed E-state index contributed by atoms with van der Waals surface area (Å²) in [5.41, 5.74) is -1.46. The summed E-state index contributed by atoms with van der Waals surface area (Å²) in [6, 6.07) is 5.05. The number of hydrogen-bond acceptors (Lipinski definition) is 1. The molecular weight excluding hydrogens is 241 g/mol. The molecule has 4 heteroatoms. The fraction of sp³-hybridized carbons (Fsp3) is 0.571. The SMILES string of the molecule is CC1(C)CCC(O)(c2cccc(C(F)(F)F)c2)C1.